The normalized spacial score (nSPS) is 15.5. The van der Waals surface area contributed by atoms with Gasteiger partial charge in [-0.25, -0.2) is 0 Å². The maximum atomic E-state index is 12.7. The van der Waals surface area contributed by atoms with Crippen molar-refractivity contribution in [3.63, 3.8) is 0 Å². The lowest BCUT2D eigenvalue weighted by molar-refractivity contribution is -0.386. The van der Waals surface area contributed by atoms with Gasteiger partial charge in [0.15, 0.2) is 5.75 Å². The lowest BCUT2D eigenvalue weighted by atomic mass is 10.1. The van der Waals surface area contributed by atoms with Crippen molar-refractivity contribution in [1.82, 2.24) is 4.90 Å². The van der Waals surface area contributed by atoms with Crippen molar-refractivity contribution in [2.24, 2.45) is 0 Å². The van der Waals surface area contributed by atoms with Crippen molar-refractivity contribution in [2.75, 3.05) is 25.4 Å². The summed E-state index contributed by atoms with van der Waals surface area (Å²) < 4.78 is 5.22. The Kier molecular flexibility index (Phi) is 11.0. The number of hydrogen-bond donors (Lipinski definition) is 2. The van der Waals surface area contributed by atoms with E-state index in [0.29, 0.717) is 11.7 Å². The van der Waals surface area contributed by atoms with Crippen LogP contribution >= 0.6 is 21.6 Å². The number of phenols is 2. The number of nitriles is 1. The van der Waals surface area contributed by atoms with E-state index in [1.165, 1.54) is 17.1 Å². The molecule has 0 saturated carbocycles. The standard InChI is InChI=1S/C22H27N3O7S2/c1-2-24(8-9-32-20(27)6-4-3-5-17-7-10-33-34-17)22(29)16(14-23)11-15-12-18(25(30)31)21(28)19(26)13-15/h11-13,17,26,28H,2-10H2,1H3. The van der Waals surface area contributed by atoms with Gasteiger partial charge in [-0.1, -0.05) is 28.0 Å². The van der Waals surface area contributed by atoms with Crippen LogP contribution in [0, 0.1) is 21.4 Å². The van der Waals surface area contributed by atoms with Crippen LogP contribution in [0.4, 0.5) is 5.69 Å². The molecule has 0 radical (unpaired) electrons. The van der Waals surface area contributed by atoms with E-state index in [-0.39, 0.29) is 36.8 Å². The third-order valence-electron chi connectivity index (χ3n) is 5.13. The number of aromatic hydroxyl groups is 2. The molecule has 1 unspecified atom stereocenters. The fraction of sp³-hybridized carbons (Fsp3) is 0.500. The molecule has 0 aromatic heterocycles. The second-order valence-electron chi connectivity index (χ2n) is 7.51. The first-order valence-corrected chi connectivity index (χ1v) is 13.2. The lowest BCUT2D eigenvalue weighted by Crippen LogP contribution is -2.35. The number of carbonyl (C=O) groups is 2. The molecule has 12 heteroatoms. The predicted molar refractivity (Wildman–Crippen MR) is 130 cm³/mol. The van der Waals surface area contributed by atoms with E-state index in [0.717, 1.165) is 37.5 Å². The van der Waals surface area contributed by atoms with Crippen LogP contribution in [0.25, 0.3) is 6.08 Å². The number of phenolic OH excluding ortho intramolecular Hbond substituents is 2. The first kappa shape index (κ1) is 27.3. The average Bonchev–Trinajstić information content (AvgIpc) is 3.33. The van der Waals surface area contributed by atoms with E-state index in [2.05, 4.69) is 0 Å². The fourth-order valence-corrected chi connectivity index (χ4v) is 6.31. The van der Waals surface area contributed by atoms with Gasteiger partial charge in [0.1, 0.15) is 18.2 Å². The zero-order valence-electron chi connectivity index (χ0n) is 18.8. The van der Waals surface area contributed by atoms with Gasteiger partial charge in [0.25, 0.3) is 5.91 Å². The molecule has 1 aromatic carbocycles. The third kappa shape index (κ3) is 8.14. The smallest absolute Gasteiger partial charge is 0.315 e. The zero-order valence-corrected chi connectivity index (χ0v) is 20.4. The Morgan fingerprint density at radius 3 is 2.76 bits per heavy atom. The summed E-state index contributed by atoms with van der Waals surface area (Å²) in [6, 6.07) is 3.71. The molecule has 1 aliphatic heterocycles. The molecule has 2 rings (SSSR count). The van der Waals surface area contributed by atoms with Crippen molar-refractivity contribution in [2.45, 2.75) is 44.3 Å². The van der Waals surface area contributed by atoms with Gasteiger partial charge in [0.2, 0.25) is 5.75 Å². The molecule has 34 heavy (non-hydrogen) atoms. The van der Waals surface area contributed by atoms with E-state index in [4.69, 9.17) is 4.74 Å². The lowest BCUT2D eigenvalue weighted by Gasteiger charge is -2.20. The molecule has 2 N–H and O–H groups in total. The van der Waals surface area contributed by atoms with Gasteiger partial charge in [-0.05, 0) is 43.9 Å². The van der Waals surface area contributed by atoms with Gasteiger partial charge in [0.05, 0.1) is 11.5 Å². The van der Waals surface area contributed by atoms with Gasteiger partial charge in [-0.3, -0.25) is 19.7 Å². The Hall–Kier alpha value is -2.91. The number of nitrogens with zero attached hydrogens (tertiary/aromatic N) is 3. The van der Waals surface area contributed by atoms with E-state index in [1.807, 2.05) is 21.6 Å². The van der Waals surface area contributed by atoms with Crippen LogP contribution < -0.4 is 0 Å². The van der Waals surface area contributed by atoms with Crippen molar-refractivity contribution in [3.05, 3.63) is 33.4 Å². The predicted octanol–water partition coefficient (Wildman–Crippen LogP) is 4.02. The van der Waals surface area contributed by atoms with Gasteiger partial charge >= 0.3 is 11.7 Å². The highest BCUT2D eigenvalue weighted by atomic mass is 33.1. The Labute approximate surface area is 205 Å². The number of rotatable bonds is 12. The van der Waals surface area contributed by atoms with Crippen LogP contribution in [0.15, 0.2) is 17.7 Å². The molecule has 0 aliphatic carbocycles. The number of hydrogen-bond acceptors (Lipinski definition) is 10. The molecule has 184 valence electrons. The highest BCUT2D eigenvalue weighted by Gasteiger charge is 2.21. The SMILES string of the molecule is CCN(CCOC(=O)CCCCC1CCSS1)C(=O)C(C#N)=Cc1cc(O)c(O)c([N+](=O)[O-])c1. The van der Waals surface area contributed by atoms with Crippen molar-refractivity contribution in [3.8, 4) is 17.6 Å². The number of esters is 1. The Balaban J connectivity index is 1.88. The summed E-state index contributed by atoms with van der Waals surface area (Å²) in [5, 5.41) is 40.4. The number of nitro groups is 1. The number of carbonyl (C=O) groups excluding carboxylic acids is 2. The summed E-state index contributed by atoms with van der Waals surface area (Å²) in [6.45, 7) is 2.01. The quantitative estimate of drug-likeness (QED) is 0.0617. The molecular weight excluding hydrogens is 482 g/mol. The maximum Gasteiger partial charge on any atom is 0.315 e. The molecule has 0 spiro atoms. The average molecular weight is 510 g/mol. The minimum Gasteiger partial charge on any atom is -0.504 e. The third-order valence-corrected chi connectivity index (χ3v) is 8.13. The molecule has 1 aromatic rings. The van der Waals surface area contributed by atoms with E-state index < -0.39 is 28.0 Å². The van der Waals surface area contributed by atoms with E-state index in [9.17, 15) is 35.2 Å². The number of amides is 1. The molecular formula is C22H27N3O7S2. The first-order valence-electron chi connectivity index (χ1n) is 10.8. The Morgan fingerprint density at radius 2 is 2.15 bits per heavy atom. The van der Waals surface area contributed by atoms with Crippen LogP contribution in [0.5, 0.6) is 11.5 Å². The summed E-state index contributed by atoms with van der Waals surface area (Å²) >= 11 is 0. The van der Waals surface area contributed by atoms with Crippen molar-refractivity contribution < 1.29 is 29.5 Å². The minimum atomic E-state index is -0.902. The fourth-order valence-electron chi connectivity index (χ4n) is 3.28. The zero-order chi connectivity index (χ0) is 25.1. The number of nitro benzene ring substituents is 1. The van der Waals surface area contributed by atoms with Gasteiger partial charge < -0.3 is 19.8 Å². The van der Waals surface area contributed by atoms with Crippen LogP contribution in [-0.2, 0) is 14.3 Å². The number of benzene rings is 1. The Bertz CT molecular complexity index is 972. The Morgan fingerprint density at radius 1 is 1.38 bits per heavy atom. The van der Waals surface area contributed by atoms with Gasteiger partial charge in [0, 0.05) is 30.0 Å². The van der Waals surface area contributed by atoms with Crippen LogP contribution in [0.1, 0.15) is 44.6 Å². The summed E-state index contributed by atoms with van der Waals surface area (Å²) in [4.78, 5) is 36.1. The molecule has 1 aliphatic rings. The highest BCUT2D eigenvalue weighted by molar-refractivity contribution is 8.77. The largest absolute Gasteiger partial charge is 0.504 e. The molecule has 1 fully saturated rings. The van der Waals surface area contributed by atoms with Crippen molar-refractivity contribution >= 4 is 45.2 Å². The maximum absolute atomic E-state index is 12.7. The summed E-state index contributed by atoms with van der Waals surface area (Å²) in [6.07, 6.45) is 5.43. The van der Waals surface area contributed by atoms with Gasteiger partial charge in [-0.2, -0.15) is 5.26 Å². The molecule has 1 heterocycles. The summed E-state index contributed by atoms with van der Waals surface area (Å²) in [5.41, 5.74) is -1.07. The second kappa shape index (κ2) is 13.7. The molecule has 1 saturated heterocycles. The van der Waals surface area contributed by atoms with Crippen LogP contribution in [-0.4, -0.2) is 62.6 Å². The topological polar surface area (TPSA) is 154 Å². The van der Waals surface area contributed by atoms with E-state index in [1.54, 1.807) is 13.0 Å². The minimum absolute atomic E-state index is 0.00368. The number of likely N-dealkylation sites (N-methyl/N-ethyl adjacent to an activating group) is 1. The van der Waals surface area contributed by atoms with Crippen molar-refractivity contribution in [1.29, 1.82) is 5.26 Å². The second-order valence-corrected chi connectivity index (χ2v) is 10.3. The van der Waals surface area contributed by atoms with Gasteiger partial charge in [-0.15, -0.1) is 0 Å². The van der Waals surface area contributed by atoms with Crippen LogP contribution in [0.3, 0.4) is 0 Å². The monoisotopic (exact) mass is 509 g/mol. The molecule has 1 amide bonds. The number of unbranched alkanes of at least 4 members (excludes halogenated alkanes) is 1. The summed E-state index contributed by atoms with van der Waals surface area (Å²) in [5.74, 6) is -1.45. The molecule has 1 atom stereocenters. The molecule has 0 bridgehead atoms. The molecule has 10 nitrogen and oxygen atoms in total. The summed E-state index contributed by atoms with van der Waals surface area (Å²) in [7, 11) is 3.81. The van der Waals surface area contributed by atoms with Crippen LogP contribution in [0.2, 0.25) is 0 Å². The first-order chi connectivity index (χ1) is 16.3. The van der Waals surface area contributed by atoms with E-state index >= 15 is 0 Å². The number of ether oxygens (including phenoxy) is 1. The highest BCUT2D eigenvalue weighted by Crippen LogP contribution is 2.40.